The van der Waals surface area contributed by atoms with Crippen molar-refractivity contribution in [2.75, 3.05) is 23.7 Å². The number of rotatable bonds is 6. The number of carbonyl (C=O) groups excluding carboxylic acids is 3. The summed E-state index contributed by atoms with van der Waals surface area (Å²) in [7, 11) is 0. The van der Waals surface area contributed by atoms with Crippen molar-refractivity contribution in [3.05, 3.63) is 54.1 Å². The number of anilines is 2. The summed E-state index contributed by atoms with van der Waals surface area (Å²) in [6.45, 7) is 4.82. The predicted octanol–water partition coefficient (Wildman–Crippen LogP) is 4.39. The van der Waals surface area contributed by atoms with E-state index in [0.29, 0.717) is 16.9 Å². The maximum absolute atomic E-state index is 12.9. The lowest BCUT2D eigenvalue weighted by Gasteiger charge is -2.27. The van der Waals surface area contributed by atoms with Crippen LogP contribution in [0.15, 0.2) is 53.4 Å². The largest absolute Gasteiger partial charge is 0.339 e. The van der Waals surface area contributed by atoms with Gasteiger partial charge in [0.1, 0.15) is 0 Å². The summed E-state index contributed by atoms with van der Waals surface area (Å²) in [5.74, 6) is -0.315. The van der Waals surface area contributed by atoms with E-state index in [1.807, 2.05) is 36.1 Å². The normalized spacial score (nSPS) is 14.7. The van der Waals surface area contributed by atoms with Crippen molar-refractivity contribution in [1.29, 1.82) is 0 Å². The monoisotopic (exact) mass is 425 g/mol. The maximum Gasteiger partial charge on any atom is 0.255 e. The van der Waals surface area contributed by atoms with Crippen LogP contribution in [-0.4, -0.2) is 41.0 Å². The lowest BCUT2D eigenvalue weighted by molar-refractivity contribution is -0.115. The zero-order chi connectivity index (χ0) is 21.5. The molecule has 0 aliphatic carbocycles. The smallest absolute Gasteiger partial charge is 0.255 e. The van der Waals surface area contributed by atoms with Crippen LogP contribution in [0.1, 0.15) is 43.5 Å². The molecule has 0 radical (unpaired) electrons. The zero-order valence-electron chi connectivity index (χ0n) is 17.3. The minimum absolute atomic E-state index is 0.0283. The Kier molecular flexibility index (Phi) is 7.52. The molecular weight excluding hydrogens is 398 g/mol. The number of piperidine rings is 1. The van der Waals surface area contributed by atoms with E-state index in [4.69, 9.17) is 0 Å². The third-order valence-corrected chi connectivity index (χ3v) is 6.03. The third kappa shape index (κ3) is 5.86. The molecule has 3 rings (SSSR count). The molecule has 3 amide bonds. The van der Waals surface area contributed by atoms with Gasteiger partial charge in [0.05, 0.1) is 16.5 Å². The molecule has 0 spiro atoms. The number of hydrogen-bond acceptors (Lipinski definition) is 4. The predicted molar refractivity (Wildman–Crippen MR) is 121 cm³/mol. The van der Waals surface area contributed by atoms with Crippen LogP contribution in [0.3, 0.4) is 0 Å². The van der Waals surface area contributed by atoms with Crippen molar-refractivity contribution in [3.8, 4) is 0 Å². The first kappa shape index (κ1) is 21.9. The van der Waals surface area contributed by atoms with Crippen LogP contribution in [0.25, 0.3) is 0 Å². The van der Waals surface area contributed by atoms with E-state index in [1.165, 1.54) is 18.7 Å². The molecule has 2 aromatic carbocycles. The van der Waals surface area contributed by atoms with Crippen LogP contribution < -0.4 is 10.6 Å². The average Bonchev–Trinajstić information content (AvgIpc) is 2.75. The summed E-state index contributed by atoms with van der Waals surface area (Å²) in [4.78, 5) is 39.6. The first-order valence-corrected chi connectivity index (χ1v) is 11.1. The van der Waals surface area contributed by atoms with Gasteiger partial charge < -0.3 is 15.5 Å². The molecule has 0 saturated carbocycles. The molecular formula is C23H27N3O3S. The Morgan fingerprint density at radius 3 is 2.27 bits per heavy atom. The van der Waals surface area contributed by atoms with Gasteiger partial charge in [-0.15, -0.1) is 11.8 Å². The number of thioether (sulfide) groups is 1. The molecule has 1 aliphatic heterocycles. The van der Waals surface area contributed by atoms with Crippen molar-refractivity contribution >= 4 is 40.9 Å². The van der Waals surface area contributed by atoms with Crippen molar-refractivity contribution < 1.29 is 14.4 Å². The Balaban J connectivity index is 1.64. The standard InChI is InChI=1S/C23H27N3O3S/c1-16(30-19-12-10-18(11-13-19)24-17(2)27)22(28)25-21-9-5-4-8-20(21)23(29)26-14-6-3-7-15-26/h4-5,8-13,16H,3,6-7,14-15H2,1-2H3,(H,24,27)(H,25,28). The summed E-state index contributed by atoms with van der Waals surface area (Å²) in [5.41, 5.74) is 1.80. The van der Waals surface area contributed by atoms with Crippen LogP contribution >= 0.6 is 11.8 Å². The third-order valence-electron chi connectivity index (χ3n) is 4.92. The second kappa shape index (κ2) is 10.3. The molecule has 1 heterocycles. The number of likely N-dealkylation sites (tertiary alicyclic amines) is 1. The molecule has 7 heteroatoms. The van der Waals surface area contributed by atoms with Crippen molar-refractivity contribution in [3.63, 3.8) is 0 Å². The molecule has 30 heavy (non-hydrogen) atoms. The van der Waals surface area contributed by atoms with E-state index in [1.54, 1.807) is 24.3 Å². The highest BCUT2D eigenvalue weighted by Gasteiger charge is 2.22. The van der Waals surface area contributed by atoms with Gasteiger partial charge in [-0.3, -0.25) is 14.4 Å². The first-order chi connectivity index (χ1) is 14.4. The molecule has 1 atom stereocenters. The van der Waals surface area contributed by atoms with Crippen molar-refractivity contribution in [2.24, 2.45) is 0 Å². The molecule has 1 aliphatic rings. The SMILES string of the molecule is CC(=O)Nc1ccc(SC(C)C(=O)Nc2ccccc2C(=O)N2CCCCC2)cc1. The van der Waals surface area contributed by atoms with Gasteiger partial charge in [0.2, 0.25) is 11.8 Å². The molecule has 1 unspecified atom stereocenters. The van der Waals surface area contributed by atoms with Gasteiger partial charge >= 0.3 is 0 Å². The van der Waals surface area contributed by atoms with Crippen molar-refractivity contribution in [2.45, 2.75) is 43.3 Å². The summed E-state index contributed by atoms with van der Waals surface area (Å²) < 4.78 is 0. The van der Waals surface area contributed by atoms with Crippen LogP contribution in [0, 0.1) is 0 Å². The fraction of sp³-hybridized carbons (Fsp3) is 0.348. The van der Waals surface area contributed by atoms with E-state index in [-0.39, 0.29) is 23.0 Å². The van der Waals surface area contributed by atoms with Gasteiger partial charge in [0.15, 0.2) is 0 Å². The van der Waals surface area contributed by atoms with Gasteiger partial charge in [0, 0.05) is 30.6 Å². The maximum atomic E-state index is 12.9. The van der Waals surface area contributed by atoms with Crippen LogP contribution in [0.2, 0.25) is 0 Å². The molecule has 0 aromatic heterocycles. The number of amides is 3. The number of para-hydroxylation sites is 1. The highest BCUT2D eigenvalue weighted by atomic mass is 32.2. The first-order valence-electron chi connectivity index (χ1n) is 10.2. The number of carbonyl (C=O) groups is 3. The number of nitrogens with zero attached hydrogens (tertiary/aromatic N) is 1. The fourth-order valence-electron chi connectivity index (χ4n) is 3.36. The molecule has 0 bridgehead atoms. The van der Waals surface area contributed by atoms with E-state index < -0.39 is 0 Å². The molecule has 158 valence electrons. The van der Waals surface area contributed by atoms with Gasteiger partial charge in [-0.2, -0.15) is 0 Å². The average molecular weight is 426 g/mol. The summed E-state index contributed by atoms with van der Waals surface area (Å²) >= 11 is 1.42. The van der Waals surface area contributed by atoms with Gasteiger partial charge in [0.25, 0.3) is 5.91 Å². The number of benzene rings is 2. The zero-order valence-corrected chi connectivity index (χ0v) is 18.1. The number of hydrogen-bond donors (Lipinski definition) is 2. The lowest BCUT2D eigenvalue weighted by atomic mass is 10.1. The van der Waals surface area contributed by atoms with E-state index in [9.17, 15) is 14.4 Å². The molecule has 2 N–H and O–H groups in total. The minimum atomic E-state index is -0.352. The highest BCUT2D eigenvalue weighted by Crippen LogP contribution is 2.27. The van der Waals surface area contributed by atoms with E-state index >= 15 is 0 Å². The van der Waals surface area contributed by atoms with Crippen LogP contribution in [0.5, 0.6) is 0 Å². The van der Waals surface area contributed by atoms with Crippen molar-refractivity contribution in [1.82, 2.24) is 4.90 Å². The molecule has 1 saturated heterocycles. The lowest BCUT2D eigenvalue weighted by Crippen LogP contribution is -2.36. The highest BCUT2D eigenvalue weighted by molar-refractivity contribution is 8.00. The minimum Gasteiger partial charge on any atom is -0.339 e. The van der Waals surface area contributed by atoms with E-state index in [0.717, 1.165) is 37.2 Å². The van der Waals surface area contributed by atoms with Gasteiger partial charge in [-0.25, -0.2) is 0 Å². The number of nitrogens with one attached hydrogen (secondary N) is 2. The Hall–Kier alpha value is -2.80. The quantitative estimate of drug-likeness (QED) is 0.673. The Labute approximate surface area is 181 Å². The summed E-state index contributed by atoms with van der Waals surface area (Å²) in [6.07, 6.45) is 3.20. The van der Waals surface area contributed by atoms with Crippen LogP contribution in [0.4, 0.5) is 11.4 Å². The molecule has 1 fully saturated rings. The summed E-state index contributed by atoms with van der Waals surface area (Å²) in [6, 6.07) is 14.5. The Morgan fingerprint density at radius 2 is 1.60 bits per heavy atom. The fourth-order valence-corrected chi connectivity index (χ4v) is 4.23. The Morgan fingerprint density at radius 1 is 0.933 bits per heavy atom. The second-order valence-corrected chi connectivity index (χ2v) is 8.77. The molecule has 2 aromatic rings. The topological polar surface area (TPSA) is 78.5 Å². The summed E-state index contributed by atoms with van der Waals surface area (Å²) in [5, 5.41) is 5.29. The van der Waals surface area contributed by atoms with Crippen LogP contribution in [-0.2, 0) is 9.59 Å². The molecule has 6 nitrogen and oxygen atoms in total. The second-order valence-electron chi connectivity index (χ2n) is 7.35. The van der Waals surface area contributed by atoms with Gasteiger partial charge in [-0.05, 0) is 62.6 Å². The Bertz CT molecular complexity index is 908. The van der Waals surface area contributed by atoms with E-state index in [2.05, 4.69) is 10.6 Å². The van der Waals surface area contributed by atoms with Gasteiger partial charge in [-0.1, -0.05) is 12.1 Å².